The predicted molar refractivity (Wildman–Crippen MR) is 135 cm³/mol. The third-order valence-electron chi connectivity index (χ3n) is 6.56. The van der Waals surface area contributed by atoms with E-state index in [2.05, 4.69) is 40.4 Å². The largest absolute Gasteiger partial charge is 0.507 e. The molecule has 1 atom stereocenters. The van der Waals surface area contributed by atoms with Crippen LogP contribution >= 0.6 is 0 Å². The van der Waals surface area contributed by atoms with Gasteiger partial charge in [-0.1, -0.05) is 18.2 Å². The summed E-state index contributed by atoms with van der Waals surface area (Å²) in [5, 5.41) is 18.1. The fourth-order valence-corrected chi connectivity index (χ4v) is 4.88. The summed E-state index contributed by atoms with van der Waals surface area (Å²) in [4.78, 5) is 18.2. The van der Waals surface area contributed by atoms with Gasteiger partial charge in [0.25, 0.3) is 0 Å². The lowest BCUT2D eigenvalue weighted by atomic mass is 9.82. The summed E-state index contributed by atoms with van der Waals surface area (Å²) in [6.45, 7) is 2.88. The highest BCUT2D eigenvalue weighted by Crippen LogP contribution is 2.37. The van der Waals surface area contributed by atoms with Crippen LogP contribution in [0.5, 0.6) is 5.75 Å². The van der Waals surface area contributed by atoms with Crippen molar-refractivity contribution in [3.8, 4) is 5.75 Å². The van der Waals surface area contributed by atoms with Gasteiger partial charge in [-0.05, 0) is 79.2 Å². The summed E-state index contributed by atoms with van der Waals surface area (Å²) in [5.74, 6) is -0.0125. The highest BCUT2D eigenvalue weighted by molar-refractivity contribution is 5.93. The van der Waals surface area contributed by atoms with Gasteiger partial charge in [0.2, 0.25) is 0 Å². The van der Waals surface area contributed by atoms with Gasteiger partial charge in [0.05, 0.1) is 27.5 Å². The lowest BCUT2D eigenvalue weighted by Crippen LogP contribution is -2.51. The molecule has 3 aromatic rings. The number of aromatic nitrogens is 2. The number of aromatic hydroxyl groups is 1. The molecular weight excluding hydrogens is 416 g/mol. The van der Waals surface area contributed by atoms with Crippen LogP contribution in [0.4, 0.5) is 0 Å². The lowest BCUT2D eigenvalue weighted by Gasteiger charge is -2.34. The van der Waals surface area contributed by atoms with Crippen molar-refractivity contribution in [3.05, 3.63) is 51.3 Å². The van der Waals surface area contributed by atoms with Crippen LogP contribution in [-0.2, 0) is 12.0 Å². The minimum atomic E-state index is -0.790. The summed E-state index contributed by atoms with van der Waals surface area (Å²) in [6, 6.07) is 5.21. The number of nitrogens with zero attached hydrogens (tertiary/aromatic N) is 3. The highest BCUT2D eigenvalue weighted by Gasteiger charge is 2.38. The Morgan fingerprint density at radius 2 is 1.88 bits per heavy atom. The second-order valence-electron chi connectivity index (χ2n) is 9.56. The van der Waals surface area contributed by atoms with Crippen LogP contribution in [0.15, 0.2) is 29.1 Å². The zero-order valence-corrected chi connectivity index (χ0v) is 20.1. The number of rotatable bonds is 10. The van der Waals surface area contributed by atoms with Crippen molar-refractivity contribution in [2.24, 2.45) is 5.73 Å². The first kappa shape index (κ1) is 23.5. The number of nitrogens with one attached hydrogen (secondary N) is 2. The molecule has 1 aliphatic rings. The van der Waals surface area contributed by atoms with E-state index >= 15 is 0 Å². The number of benzene rings is 1. The zero-order chi connectivity index (χ0) is 23.8. The molecule has 1 aromatic carbocycles. The monoisotopic (exact) mass is 452 g/mol. The van der Waals surface area contributed by atoms with Crippen molar-refractivity contribution in [1.29, 1.82) is 0 Å². The summed E-state index contributed by atoms with van der Waals surface area (Å²) >= 11 is 0. The first-order valence-electron chi connectivity index (χ1n) is 11.6. The van der Waals surface area contributed by atoms with E-state index in [0.717, 1.165) is 55.7 Å². The van der Waals surface area contributed by atoms with E-state index in [-0.39, 0.29) is 17.7 Å². The van der Waals surface area contributed by atoms with Crippen LogP contribution in [0.2, 0.25) is 0 Å². The molecule has 0 amide bonds. The molecule has 2 aromatic heterocycles. The SMILES string of the molecule is CN(C)CCCNC1(CN)C=Cc2c(CCCN(C)C)[nH]n3c2c1c(=O)c1c(O)cccc13. The molecule has 0 aliphatic heterocycles. The molecule has 1 aliphatic carbocycles. The van der Waals surface area contributed by atoms with Gasteiger partial charge in [-0.15, -0.1) is 0 Å². The maximum absolute atomic E-state index is 13.9. The van der Waals surface area contributed by atoms with Crippen molar-refractivity contribution in [1.82, 2.24) is 24.7 Å². The van der Waals surface area contributed by atoms with Gasteiger partial charge in [0.1, 0.15) is 5.75 Å². The van der Waals surface area contributed by atoms with Gasteiger partial charge in [-0.2, -0.15) is 0 Å². The summed E-state index contributed by atoms with van der Waals surface area (Å²) in [5.41, 5.74) is 9.63. The van der Waals surface area contributed by atoms with Gasteiger partial charge in [0, 0.05) is 17.8 Å². The van der Waals surface area contributed by atoms with Crippen LogP contribution in [0.25, 0.3) is 22.5 Å². The molecule has 8 heteroatoms. The summed E-state index contributed by atoms with van der Waals surface area (Å²) < 4.78 is 1.96. The maximum Gasteiger partial charge on any atom is 0.199 e. The molecule has 4 rings (SSSR count). The first-order valence-corrected chi connectivity index (χ1v) is 11.6. The predicted octanol–water partition coefficient (Wildman–Crippen LogP) is 1.70. The molecule has 33 heavy (non-hydrogen) atoms. The maximum atomic E-state index is 13.9. The molecule has 178 valence electrons. The Balaban J connectivity index is 1.90. The van der Waals surface area contributed by atoms with Crippen molar-refractivity contribution < 1.29 is 5.11 Å². The number of phenolic OH excluding ortho intramolecular Hbond substituents is 1. The van der Waals surface area contributed by atoms with Crippen LogP contribution in [0.3, 0.4) is 0 Å². The normalized spacial score (nSPS) is 17.8. The Morgan fingerprint density at radius 1 is 1.15 bits per heavy atom. The molecule has 5 N–H and O–H groups in total. The average molecular weight is 453 g/mol. The lowest BCUT2D eigenvalue weighted by molar-refractivity contribution is 0.365. The van der Waals surface area contributed by atoms with E-state index in [0.29, 0.717) is 16.5 Å². The Kier molecular flexibility index (Phi) is 6.63. The van der Waals surface area contributed by atoms with Gasteiger partial charge < -0.3 is 26.0 Å². The van der Waals surface area contributed by atoms with E-state index in [1.165, 1.54) is 0 Å². The first-order chi connectivity index (χ1) is 15.8. The molecular formula is C25H36N6O2. The smallest absolute Gasteiger partial charge is 0.199 e. The number of pyridine rings is 1. The second-order valence-corrected chi connectivity index (χ2v) is 9.56. The van der Waals surface area contributed by atoms with Crippen molar-refractivity contribution in [2.75, 3.05) is 54.4 Å². The molecule has 2 heterocycles. The standard InChI is InChI=1S/C25H36N6O2/c1-29(2)14-6-8-18-17-11-12-25(16-26,27-13-7-15-30(3)4)22-23(17)31(28-18)19-9-5-10-20(32)21(19)24(22)33/h5,9-12,27-28,32H,6-8,13-16,26H2,1-4H3. The number of nitrogens with two attached hydrogens (primary N) is 1. The molecule has 0 spiro atoms. The van der Waals surface area contributed by atoms with E-state index in [1.54, 1.807) is 12.1 Å². The molecule has 0 saturated carbocycles. The van der Waals surface area contributed by atoms with E-state index in [1.807, 2.05) is 30.8 Å². The van der Waals surface area contributed by atoms with E-state index in [9.17, 15) is 9.90 Å². The quantitative estimate of drug-likeness (QED) is 0.349. The number of H-pyrrole nitrogens is 1. The number of hydrogen-bond acceptors (Lipinski definition) is 6. The van der Waals surface area contributed by atoms with Crippen LogP contribution in [-0.4, -0.2) is 78.9 Å². The van der Waals surface area contributed by atoms with Crippen LogP contribution < -0.4 is 16.5 Å². The van der Waals surface area contributed by atoms with Crippen molar-refractivity contribution in [2.45, 2.75) is 24.8 Å². The molecule has 8 nitrogen and oxygen atoms in total. The van der Waals surface area contributed by atoms with Crippen molar-refractivity contribution in [3.63, 3.8) is 0 Å². The summed E-state index contributed by atoms with van der Waals surface area (Å²) in [7, 11) is 8.23. The number of phenols is 1. The van der Waals surface area contributed by atoms with Crippen LogP contribution in [0.1, 0.15) is 29.7 Å². The van der Waals surface area contributed by atoms with Crippen molar-refractivity contribution >= 4 is 22.5 Å². The van der Waals surface area contributed by atoms with Gasteiger partial charge in [-0.3, -0.25) is 14.4 Å². The van der Waals surface area contributed by atoms with E-state index in [4.69, 9.17) is 5.73 Å². The molecule has 0 radical (unpaired) electrons. The molecule has 1 unspecified atom stereocenters. The van der Waals surface area contributed by atoms with Gasteiger partial charge >= 0.3 is 0 Å². The number of aryl methyl sites for hydroxylation is 1. The number of fused-ring (bicyclic) bond motifs is 2. The highest BCUT2D eigenvalue weighted by atomic mass is 16.3. The fraction of sp³-hybridized carbons (Fsp3) is 0.480. The third kappa shape index (κ3) is 4.19. The van der Waals surface area contributed by atoms with E-state index < -0.39 is 5.54 Å². The zero-order valence-electron chi connectivity index (χ0n) is 20.1. The molecule has 0 bridgehead atoms. The Bertz CT molecular complexity index is 1240. The minimum Gasteiger partial charge on any atom is -0.507 e. The topological polar surface area (TPSA) is 102 Å². The molecule has 0 saturated heterocycles. The Labute approximate surface area is 194 Å². The third-order valence-corrected chi connectivity index (χ3v) is 6.56. The number of aromatic amines is 1. The van der Waals surface area contributed by atoms with Gasteiger partial charge in [-0.25, -0.2) is 0 Å². The second kappa shape index (κ2) is 9.30. The fourth-order valence-electron chi connectivity index (χ4n) is 4.88. The molecule has 0 fully saturated rings. The van der Waals surface area contributed by atoms with Crippen LogP contribution in [0, 0.1) is 0 Å². The minimum absolute atomic E-state index is 0.0125. The summed E-state index contributed by atoms with van der Waals surface area (Å²) in [6.07, 6.45) is 6.93. The van der Waals surface area contributed by atoms with Gasteiger partial charge in [0.15, 0.2) is 5.43 Å². The average Bonchev–Trinajstić information content (AvgIpc) is 3.13. The number of hydrogen-bond donors (Lipinski definition) is 4. The Hall–Kier alpha value is -2.65. The Morgan fingerprint density at radius 3 is 2.58 bits per heavy atom.